The summed E-state index contributed by atoms with van der Waals surface area (Å²) in [5.41, 5.74) is 0.694. The van der Waals surface area contributed by atoms with Crippen molar-refractivity contribution in [2.45, 2.75) is 6.92 Å². The topological polar surface area (TPSA) is 52.0 Å². The van der Waals surface area contributed by atoms with Crippen LogP contribution in [0.3, 0.4) is 0 Å². The molecule has 0 spiro atoms. The fourth-order valence-electron chi connectivity index (χ4n) is 2.28. The summed E-state index contributed by atoms with van der Waals surface area (Å²) in [5, 5.41) is 3.58. The van der Waals surface area contributed by atoms with E-state index in [1.807, 2.05) is 50.4 Å². The largest absolute Gasteiger partial charge is 0.492 e. The number of nitrogens with one attached hydrogen (secondary N) is 2. The number of rotatable bonds is 9. The first kappa shape index (κ1) is 19.1. The molecule has 5 nitrogen and oxygen atoms in total. The van der Waals surface area contributed by atoms with Gasteiger partial charge >= 0.3 is 0 Å². The molecule has 0 aromatic heterocycles. The number of carbonyl (C=O) groups is 1. The Morgan fingerprint density at radius 2 is 1.84 bits per heavy atom. The molecule has 0 saturated carbocycles. The van der Waals surface area contributed by atoms with Crippen molar-refractivity contribution in [3.05, 3.63) is 53.6 Å². The van der Waals surface area contributed by atoms with Gasteiger partial charge in [-0.3, -0.25) is 4.79 Å². The summed E-state index contributed by atoms with van der Waals surface area (Å²) in [6, 6.07) is 14.7. The van der Waals surface area contributed by atoms with Crippen LogP contribution in [0.2, 0.25) is 5.02 Å². The molecule has 2 N–H and O–H groups in total. The van der Waals surface area contributed by atoms with Crippen LogP contribution in [0.25, 0.3) is 0 Å². The van der Waals surface area contributed by atoms with E-state index in [4.69, 9.17) is 21.1 Å². The van der Waals surface area contributed by atoms with E-state index in [1.54, 1.807) is 12.1 Å². The number of anilines is 1. The maximum atomic E-state index is 12.2. The van der Waals surface area contributed by atoms with Crippen LogP contribution in [0.15, 0.2) is 48.5 Å². The molecule has 2 aromatic rings. The molecule has 0 radical (unpaired) electrons. The van der Waals surface area contributed by atoms with Crippen molar-refractivity contribution in [2.24, 2.45) is 0 Å². The van der Waals surface area contributed by atoms with Crippen LogP contribution in [0, 0.1) is 0 Å². The average Bonchev–Trinajstić information content (AvgIpc) is 2.58. The molecular formula is C19H24ClN2O3+. The smallest absolute Gasteiger partial charge is 0.279 e. The lowest BCUT2D eigenvalue weighted by Gasteiger charge is -2.15. The molecule has 0 bridgehead atoms. The van der Waals surface area contributed by atoms with Crippen molar-refractivity contribution in [3.63, 3.8) is 0 Å². The zero-order valence-electron chi connectivity index (χ0n) is 14.5. The number of likely N-dealkylation sites (N-methyl/N-ethyl adjacent to an activating group) is 1. The maximum absolute atomic E-state index is 12.2. The van der Waals surface area contributed by atoms with Crippen LogP contribution in [0.5, 0.6) is 11.5 Å². The van der Waals surface area contributed by atoms with E-state index >= 15 is 0 Å². The van der Waals surface area contributed by atoms with Gasteiger partial charge in [-0.15, -0.1) is 0 Å². The van der Waals surface area contributed by atoms with Gasteiger partial charge in [0.15, 0.2) is 6.54 Å². The summed E-state index contributed by atoms with van der Waals surface area (Å²) in [5.74, 6) is 1.39. The van der Waals surface area contributed by atoms with Crippen molar-refractivity contribution in [1.29, 1.82) is 0 Å². The number of benzene rings is 2. The van der Waals surface area contributed by atoms with Crippen LogP contribution in [0.1, 0.15) is 6.92 Å². The minimum atomic E-state index is -0.0591. The highest BCUT2D eigenvalue weighted by Crippen LogP contribution is 2.23. The number of hydrogen-bond acceptors (Lipinski definition) is 3. The molecule has 0 aliphatic rings. The first-order chi connectivity index (χ1) is 12.1. The average molecular weight is 364 g/mol. The second kappa shape index (κ2) is 9.91. The number of halogens is 1. The lowest BCUT2D eigenvalue weighted by atomic mass is 10.3. The predicted octanol–water partition coefficient (Wildman–Crippen LogP) is 2.27. The molecule has 0 aliphatic heterocycles. The van der Waals surface area contributed by atoms with Crippen LogP contribution in [0.4, 0.5) is 5.69 Å². The monoisotopic (exact) mass is 363 g/mol. The third kappa shape index (κ3) is 6.64. The van der Waals surface area contributed by atoms with Crippen molar-refractivity contribution < 1.29 is 19.2 Å². The first-order valence-electron chi connectivity index (χ1n) is 8.30. The van der Waals surface area contributed by atoms with E-state index in [0.717, 1.165) is 10.6 Å². The number of hydrogen-bond donors (Lipinski definition) is 2. The van der Waals surface area contributed by atoms with Gasteiger partial charge < -0.3 is 19.7 Å². The van der Waals surface area contributed by atoms with Gasteiger partial charge in [0.1, 0.15) is 24.7 Å². The lowest BCUT2D eigenvalue weighted by Crippen LogP contribution is -3.10. The van der Waals surface area contributed by atoms with Crippen molar-refractivity contribution in [3.8, 4) is 11.5 Å². The zero-order valence-corrected chi connectivity index (χ0v) is 15.3. The van der Waals surface area contributed by atoms with E-state index in [9.17, 15) is 4.79 Å². The highest BCUT2D eigenvalue weighted by atomic mass is 35.5. The Labute approximate surface area is 153 Å². The highest BCUT2D eigenvalue weighted by molar-refractivity contribution is 6.30. The van der Waals surface area contributed by atoms with Gasteiger partial charge in [0.2, 0.25) is 0 Å². The van der Waals surface area contributed by atoms with Crippen LogP contribution >= 0.6 is 11.6 Å². The van der Waals surface area contributed by atoms with Gasteiger partial charge in [0.05, 0.1) is 19.3 Å². The summed E-state index contributed by atoms with van der Waals surface area (Å²) >= 11 is 5.84. The van der Waals surface area contributed by atoms with Gasteiger partial charge in [0.25, 0.3) is 5.91 Å². The van der Waals surface area contributed by atoms with Gasteiger partial charge in [-0.2, -0.15) is 0 Å². The molecule has 1 unspecified atom stereocenters. The van der Waals surface area contributed by atoms with E-state index in [1.165, 1.54) is 0 Å². The Hall–Kier alpha value is -2.24. The maximum Gasteiger partial charge on any atom is 0.279 e. The molecule has 0 fully saturated rings. The summed E-state index contributed by atoms with van der Waals surface area (Å²) in [6.45, 7) is 4.06. The summed E-state index contributed by atoms with van der Waals surface area (Å²) in [4.78, 5) is 13.3. The zero-order chi connectivity index (χ0) is 18.1. The van der Waals surface area contributed by atoms with E-state index in [0.29, 0.717) is 42.8 Å². The van der Waals surface area contributed by atoms with Crippen LogP contribution in [-0.2, 0) is 4.79 Å². The Morgan fingerprint density at radius 1 is 1.12 bits per heavy atom. The third-order valence-electron chi connectivity index (χ3n) is 3.53. The molecule has 1 atom stereocenters. The molecular weight excluding hydrogens is 340 g/mol. The van der Waals surface area contributed by atoms with E-state index in [2.05, 4.69) is 5.32 Å². The van der Waals surface area contributed by atoms with Gasteiger partial charge in [-0.1, -0.05) is 23.7 Å². The Kier molecular flexibility index (Phi) is 7.57. The van der Waals surface area contributed by atoms with E-state index in [-0.39, 0.29) is 5.91 Å². The summed E-state index contributed by atoms with van der Waals surface area (Å²) in [6.07, 6.45) is 0. The summed E-state index contributed by atoms with van der Waals surface area (Å²) in [7, 11) is 1.96. The third-order valence-corrected chi connectivity index (χ3v) is 3.79. The number of ether oxygens (including phenoxy) is 2. The first-order valence-corrected chi connectivity index (χ1v) is 8.67. The van der Waals surface area contributed by atoms with E-state index < -0.39 is 0 Å². The second-order valence-electron chi connectivity index (χ2n) is 5.66. The van der Waals surface area contributed by atoms with Crippen molar-refractivity contribution in [1.82, 2.24) is 0 Å². The highest BCUT2D eigenvalue weighted by Gasteiger charge is 2.12. The molecule has 25 heavy (non-hydrogen) atoms. The Morgan fingerprint density at radius 3 is 2.56 bits per heavy atom. The number of quaternary nitrogens is 1. The predicted molar refractivity (Wildman–Crippen MR) is 99.8 cm³/mol. The SMILES string of the molecule is CCOc1ccccc1NC(=O)C[NH+](C)CCOc1ccc(Cl)cc1. The van der Waals surface area contributed by atoms with Gasteiger partial charge in [0, 0.05) is 5.02 Å². The number of carbonyl (C=O) groups excluding carboxylic acids is 1. The second-order valence-corrected chi connectivity index (χ2v) is 6.10. The fourth-order valence-corrected chi connectivity index (χ4v) is 2.41. The Balaban J connectivity index is 1.75. The normalized spacial score (nSPS) is 11.6. The summed E-state index contributed by atoms with van der Waals surface area (Å²) < 4.78 is 11.2. The minimum Gasteiger partial charge on any atom is -0.492 e. The number of para-hydroxylation sites is 2. The minimum absolute atomic E-state index is 0.0591. The molecule has 0 aliphatic carbocycles. The van der Waals surface area contributed by atoms with Gasteiger partial charge in [-0.05, 0) is 43.3 Å². The molecule has 0 saturated heterocycles. The van der Waals surface area contributed by atoms with Crippen LogP contribution in [-0.4, -0.2) is 39.3 Å². The van der Waals surface area contributed by atoms with Gasteiger partial charge in [-0.25, -0.2) is 0 Å². The molecule has 1 amide bonds. The molecule has 2 aromatic carbocycles. The number of amides is 1. The molecule has 0 heterocycles. The molecule has 6 heteroatoms. The standard InChI is InChI=1S/C19H23ClN2O3/c1-3-24-18-7-5-4-6-17(18)21-19(23)14-22(2)12-13-25-16-10-8-15(20)9-11-16/h4-11H,3,12-14H2,1-2H3,(H,21,23)/p+1. The van der Waals surface area contributed by atoms with Crippen LogP contribution < -0.4 is 19.7 Å². The quantitative estimate of drug-likeness (QED) is 0.718. The lowest BCUT2D eigenvalue weighted by molar-refractivity contribution is -0.871. The molecule has 2 rings (SSSR count). The Bertz CT molecular complexity index is 677. The molecule has 134 valence electrons. The van der Waals surface area contributed by atoms with Crippen molar-refractivity contribution >= 4 is 23.2 Å². The fraction of sp³-hybridized carbons (Fsp3) is 0.316. The van der Waals surface area contributed by atoms with Crippen molar-refractivity contribution in [2.75, 3.05) is 38.7 Å².